The number of carbonyl (C=O) groups excluding carboxylic acids is 3. The molecule has 3 aromatic carbocycles. The Labute approximate surface area is 278 Å². The maximum Gasteiger partial charge on any atom is 0.326 e. The second-order valence-corrected chi connectivity index (χ2v) is 11.5. The van der Waals surface area contributed by atoms with Crippen LogP contribution in [0.4, 0.5) is 0 Å². The van der Waals surface area contributed by atoms with Crippen LogP contribution in [0.1, 0.15) is 29.5 Å². The maximum atomic E-state index is 13.9. The number of hydrogen-bond acceptors (Lipinski definition) is 6. The van der Waals surface area contributed by atoms with Crippen LogP contribution in [-0.2, 0) is 38.4 Å². The summed E-state index contributed by atoms with van der Waals surface area (Å²) in [6.45, 7) is 0.179. The lowest BCUT2D eigenvalue weighted by Crippen LogP contribution is -2.58. The number of carboxylic acid groups (broad SMARTS) is 1. The van der Waals surface area contributed by atoms with E-state index in [0.717, 1.165) is 22.0 Å². The Hall–Kier alpha value is -5.69. The Morgan fingerprint density at radius 2 is 1.27 bits per heavy atom. The molecule has 252 valence electrons. The zero-order valence-electron chi connectivity index (χ0n) is 26.5. The van der Waals surface area contributed by atoms with E-state index in [1.807, 2.05) is 54.6 Å². The molecule has 0 saturated heterocycles. The first-order chi connectivity index (χ1) is 23.1. The number of aromatic amines is 1. The van der Waals surface area contributed by atoms with Gasteiger partial charge in [0.25, 0.3) is 0 Å². The zero-order valence-corrected chi connectivity index (χ0v) is 26.5. The first kappa shape index (κ1) is 35.2. The van der Waals surface area contributed by atoms with Crippen LogP contribution in [0.15, 0.2) is 96.1 Å². The lowest BCUT2D eigenvalue weighted by atomic mass is 10.0. The van der Waals surface area contributed by atoms with E-state index in [0.29, 0.717) is 12.0 Å². The summed E-state index contributed by atoms with van der Waals surface area (Å²) in [6, 6.07) is 21.2. The number of nitrogens with one attached hydrogen (secondary N) is 4. The zero-order chi connectivity index (χ0) is 34.5. The fraction of sp³-hybridized carbons (Fsp3) is 0.286. The highest BCUT2D eigenvalue weighted by Gasteiger charge is 2.31. The highest BCUT2D eigenvalue weighted by Crippen LogP contribution is 2.19. The number of nitrogens with two attached hydrogens (primary N) is 3. The number of para-hydroxylation sites is 1. The SMILES string of the molecule is NC(N)=NCCCC(NC(=O)C(Cc1c[nH]c2ccccc12)NC(=O)C(N)Cc1ccccc1)C(=O)NC(Cc1ccccc1)C(=O)O. The summed E-state index contributed by atoms with van der Waals surface area (Å²) in [7, 11) is 0. The molecule has 13 heteroatoms. The van der Waals surface area contributed by atoms with Crippen molar-refractivity contribution in [1.82, 2.24) is 20.9 Å². The molecule has 1 heterocycles. The van der Waals surface area contributed by atoms with Crippen LogP contribution in [0.5, 0.6) is 0 Å². The van der Waals surface area contributed by atoms with Crippen molar-refractivity contribution in [2.24, 2.45) is 22.2 Å². The van der Waals surface area contributed by atoms with Gasteiger partial charge in [0.1, 0.15) is 18.1 Å². The van der Waals surface area contributed by atoms with E-state index in [1.165, 1.54) is 0 Å². The van der Waals surface area contributed by atoms with Gasteiger partial charge in [0.15, 0.2) is 5.96 Å². The predicted octanol–water partition coefficient (Wildman–Crippen LogP) is 1.12. The summed E-state index contributed by atoms with van der Waals surface area (Å²) in [5, 5.41) is 18.9. The van der Waals surface area contributed by atoms with Gasteiger partial charge in [-0.25, -0.2) is 4.79 Å². The fourth-order valence-corrected chi connectivity index (χ4v) is 5.34. The second kappa shape index (κ2) is 17.3. The number of guanidine groups is 1. The summed E-state index contributed by atoms with van der Waals surface area (Å²) in [4.78, 5) is 60.1. The molecule has 4 aromatic rings. The largest absolute Gasteiger partial charge is 0.480 e. The molecule has 0 aliphatic rings. The van der Waals surface area contributed by atoms with Crippen molar-refractivity contribution in [3.8, 4) is 0 Å². The third-order valence-corrected chi connectivity index (χ3v) is 7.84. The molecule has 0 fully saturated rings. The van der Waals surface area contributed by atoms with Crippen LogP contribution < -0.4 is 33.2 Å². The van der Waals surface area contributed by atoms with Gasteiger partial charge in [0, 0.05) is 36.5 Å². The van der Waals surface area contributed by atoms with Crippen molar-refractivity contribution < 1.29 is 24.3 Å². The molecule has 0 radical (unpaired) electrons. The standard InChI is InChI=1S/C35H42N8O5/c36-26(18-22-10-3-1-4-11-22)31(44)42-29(20-24-21-40-27-15-8-7-14-25(24)27)33(46)41-28(16-9-17-39-35(37)38)32(45)43-30(34(47)48)19-23-12-5-2-6-13-23/h1-8,10-15,21,26,28-30,40H,9,16-20,36H2,(H,41,46)(H,42,44)(H,43,45)(H,47,48)(H4,37,38,39). The molecule has 48 heavy (non-hydrogen) atoms. The van der Waals surface area contributed by atoms with Gasteiger partial charge in [0.05, 0.1) is 6.04 Å². The minimum atomic E-state index is -1.25. The number of fused-ring (bicyclic) bond motifs is 1. The molecule has 4 unspecified atom stereocenters. The van der Waals surface area contributed by atoms with E-state index < -0.39 is 47.9 Å². The molecular weight excluding hydrogens is 612 g/mol. The molecule has 0 aliphatic carbocycles. The fourth-order valence-electron chi connectivity index (χ4n) is 5.34. The van der Waals surface area contributed by atoms with E-state index in [1.54, 1.807) is 36.5 Å². The Kier molecular flexibility index (Phi) is 12.7. The van der Waals surface area contributed by atoms with Gasteiger partial charge in [-0.2, -0.15) is 0 Å². The number of aromatic nitrogens is 1. The van der Waals surface area contributed by atoms with Crippen LogP contribution in [0.2, 0.25) is 0 Å². The average molecular weight is 655 g/mol. The van der Waals surface area contributed by atoms with Gasteiger partial charge >= 0.3 is 5.97 Å². The molecule has 3 amide bonds. The number of hydrogen-bond donors (Lipinski definition) is 8. The topological polar surface area (TPSA) is 231 Å². The van der Waals surface area contributed by atoms with Crippen molar-refractivity contribution in [1.29, 1.82) is 0 Å². The van der Waals surface area contributed by atoms with Crippen molar-refractivity contribution in [3.05, 3.63) is 108 Å². The molecule has 1 aromatic heterocycles. The molecule has 11 N–H and O–H groups in total. The number of aliphatic carboxylic acids is 1. The Balaban J connectivity index is 1.55. The van der Waals surface area contributed by atoms with Gasteiger partial charge in [-0.15, -0.1) is 0 Å². The van der Waals surface area contributed by atoms with Crippen molar-refractivity contribution >= 4 is 40.6 Å². The smallest absolute Gasteiger partial charge is 0.326 e. The van der Waals surface area contributed by atoms with E-state index >= 15 is 0 Å². The number of amides is 3. The van der Waals surface area contributed by atoms with E-state index in [9.17, 15) is 24.3 Å². The number of aliphatic imine (C=N–C) groups is 1. The monoisotopic (exact) mass is 654 g/mol. The molecular formula is C35H42N8O5. The maximum absolute atomic E-state index is 13.9. The first-order valence-electron chi connectivity index (χ1n) is 15.7. The molecule has 0 saturated carbocycles. The van der Waals surface area contributed by atoms with E-state index in [4.69, 9.17) is 17.2 Å². The molecule has 4 atom stereocenters. The van der Waals surface area contributed by atoms with Gasteiger partial charge in [-0.3, -0.25) is 19.4 Å². The Bertz CT molecular complexity index is 1710. The molecule has 4 rings (SSSR count). The number of H-pyrrole nitrogens is 1. The number of carboxylic acids is 1. The number of rotatable bonds is 17. The summed E-state index contributed by atoms with van der Waals surface area (Å²) in [5.41, 5.74) is 20.4. The van der Waals surface area contributed by atoms with Gasteiger partial charge in [-0.1, -0.05) is 78.9 Å². The van der Waals surface area contributed by atoms with Crippen LogP contribution in [0, 0.1) is 0 Å². The van der Waals surface area contributed by atoms with E-state index in [-0.39, 0.29) is 38.2 Å². The number of nitrogens with zero attached hydrogens (tertiary/aromatic N) is 1. The van der Waals surface area contributed by atoms with Crippen LogP contribution in [0.25, 0.3) is 10.9 Å². The highest BCUT2D eigenvalue weighted by atomic mass is 16.4. The molecule has 0 bridgehead atoms. The van der Waals surface area contributed by atoms with Gasteiger partial charge in [-0.05, 0) is 42.0 Å². The minimum absolute atomic E-state index is 0.0368. The second-order valence-electron chi connectivity index (χ2n) is 11.5. The molecule has 13 nitrogen and oxygen atoms in total. The summed E-state index contributed by atoms with van der Waals surface area (Å²) in [6.07, 6.45) is 2.54. The third kappa shape index (κ3) is 10.4. The van der Waals surface area contributed by atoms with Gasteiger partial charge in [0.2, 0.25) is 17.7 Å². The van der Waals surface area contributed by atoms with Crippen molar-refractivity contribution in [3.63, 3.8) is 0 Å². The van der Waals surface area contributed by atoms with Crippen molar-refractivity contribution in [2.75, 3.05) is 6.54 Å². The Morgan fingerprint density at radius 3 is 1.92 bits per heavy atom. The highest BCUT2D eigenvalue weighted by molar-refractivity contribution is 5.95. The summed E-state index contributed by atoms with van der Waals surface area (Å²) >= 11 is 0. The van der Waals surface area contributed by atoms with Crippen LogP contribution in [-0.4, -0.2) is 70.5 Å². The summed E-state index contributed by atoms with van der Waals surface area (Å²) in [5.74, 6) is -3.23. The predicted molar refractivity (Wildman–Crippen MR) is 184 cm³/mol. The average Bonchev–Trinajstić information content (AvgIpc) is 3.48. The van der Waals surface area contributed by atoms with Crippen molar-refractivity contribution in [2.45, 2.75) is 56.3 Å². The lowest BCUT2D eigenvalue weighted by Gasteiger charge is -2.25. The third-order valence-electron chi connectivity index (χ3n) is 7.84. The quantitative estimate of drug-likeness (QED) is 0.0466. The van der Waals surface area contributed by atoms with Crippen LogP contribution >= 0.6 is 0 Å². The minimum Gasteiger partial charge on any atom is -0.480 e. The lowest BCUT2D eigenvalue weighted by molar-refractivity contribution is -0.142. The van der Waals surface area contributed by atoms with Crippen LogP contribution in [0.3, 0.4) is 0 Å². The first-order valence-corrected chi connectivity index (χ1v) is 15.7. The molecule has 0 spiro atoms. The summed E-state index contributed by atoms with van der Waals surface area (Å²) < 4.78 is 0. The number of benzene rings is 3. The Morgan fingerprint density at radius 1 is 0.708 bits per heavy atom. The van der Waals surface area contributed by atoms with E-state index in [2.05, 4.69) is 25.9 Å². The molecule has 0 aliphatic heterocycles. The normalized spacial score (nSPS) is 13.4. The number of carbonyl (C=O) groups is 4. The van der Waals surface area contributed by atoms with Gasteiger partial charge < -0.3 is 43.2 Å².